The standard InChI is InChI=1S/C15H26N2O/c1-3-14(15-6-5-11-18-15)17(4-2)13-9-7-12(16)8-10-13/h5-6,11-14H,3-4,7-10,16H2,1-2H3. The van der Waals surface area contributed by atoms with Gasteiger partial charge in [0.1, 0.15) is 5.76 Å². The fourth-order valence-electron chi connectivity index (χ4n) is 3.25. The van der Waals surface area contributed by atoms with Crippen LogP contribution in [0.4, 0.5) is 0 Å². The van der Waals surface area contributed by atoms with E-state index in [9.17, 15) is 0 Å². The van der Waals surface area contributed by atoms with Gasteiger partial charge in [-0.3, -0.25) is 4.90 Å². The van der Waals surface area contributed by atoms with Gasteiger partial charge in [0, 0.05) is 12.1 Å². The van der Waals surface area contributed by atoms with E-state index in [4.69, 9.17) is 10.2 Å². The van der Waals surface area contributed by atoms with E-state index in [1.54, 1.807) is 6.26 Å². The van der Waals surface area contributed by atoms with Crippen LogP contribution in [-0.4, -0.2) is 23.5 Å². The van der Waals surface area contributed by atoms with E-state index < -0.39 is 0 Å². The van der Waals surface area contributed by atoms with E-state index in [0.29, 0.717) is 18.1 Å². The topological polar surface area (TPSA) is 42.4 Å². The Balaban J connectivity index is 2.06. The molecule has 1 aromatic rings. The molecule has 0 radical (unpaired) electrons. The summed E-state index contributed by atoms with van der Waals surface area (Å²) in [6, 6.07) is 5.60. The van der Waals surface area contributed by atoms with Crippen LogP contribution in [0.5, 0.6) is 0 Å². The summed E-state index contributed by atoms with van der Waals surface area (Å²) >= 11 is 0. The molecule has 0 bridgehead atoms. The first-order chi connectivity index (χ1) is 8.76. The maximum absolute atomic E-state index is 6.00. The Kier molecular flexibility index (Phi) is 4.84. The Hall–Kier alpha value is -0.800. The van der Waals surface area contributed by atoms with Crippen molar-refractivity contribution in [1.29, 1.82) is 0 Å². The third-order valence-electron chi connectivity index (χ3n) is 4.23. The molecular weight excluding hydrogens is 224 g/mol. The normalized spacial score (nSPS) is 26.4. The molecule has 1 saturated carbocycles. The maximum atomic E-state index is 6.00. The molecule has 102 valence electrons. The Labute approximate surface area is 110 Å². The van der Waals surface area contributed by atoms with E-state index >= 15 is 0 Å². The number of nitrogens with two attached hydrogens (primary N) is 1. The Morgan fingerprint density at radius 1 is 1.33 bits per heavy atom. The summed E-state index contributed by atoms with van der Waals surface area (Å²) in [5.74, 6) is 1.11. The van der Waals surface area contributed by atoms with E-state index in [1.165, 1.54) is 12.8 Å². The highest BCUT2D eigenvalue weighted by Gasteiger charge is 2.29. The highest BCUT2D eigenvalue weighted by atomic mass is 16.3. The van der Waals surface area contributed by atoms with Crippen LogP contribution in [0.1, 0.15) is 57.8 Å². The molecule has 0 spiro atoms. The summed E-state index contributed by atoms with van der Waals surface area (Å²) in [6.45, 7) is 5.57. The van der Waals surface area contributed by atoms with Gasteiger partial charge in [-0.15, -0.1) is 0 Å². The summed E-state index contributed by atoms with van der Waals surface area (Å²) in [5.41, 5.74) is 6.00. The maximum Gasteiger partial charge on any atom is 0.120 e. The minimum atomic E-state index is 0.420. The highest BCUT2D eigenvalue weighted by molar-refractivity contribution is 5.05. The lowest BCUT2D eigenvalue weighted by Gasteiger charge is -2.39. The smallest absolute Gasteiger partial charge is 0.120 e. The number of nitrogens with zero attached hydrogens (tertiary/aromatic N) is 1. The van der Waals surface area contributed by atoms with Crippen LogP contribution in [-0.2, 0) is 0 Å². The third kappa shape index (κ3) is 2.96. The van der Waals surface area contributed by atoms with Gasteiger partial charge in [0.15, 0.2) is 0 Å². The van der Waals surface area contributed by atoms with Crippen molar-refractivity contribution >= 4 is 0 Å². The molecule has 0 amide bonds. The number of rotatable bonds is 5. The monoisotopic (exact) mass is 250 g/mol. The van der Waals surface area contributed by atoms with Gasteiger partial charge >= 0.3 is 0 Å². The molecule has 2 rings (SSSR count). The quantitative estimate of drug-likeness (QED) is 0.871. The minimum absolute atomic E-state index is 0.420. The van der Waals surface area contributed by atoms with E-state index in [-0.39, 0.29) is 0 Å². The Bertz CT molecular complexity index is 328. The first kappa shape index (κ1) is 13.6. The zero-order valence-corrected chi connectivity index (χ0v) is 11.6. The number of furan rings is 1. The molecule has 0 aliphatic heterocycles. The lowest BCUT2D eigenvalue weighted by atomic mass is 9.89. The summed E-state index contributed by atoms with van der Waals surface area (Å²) < 4.78 is 5.61. The second-order valence-electron chi connectivity index (χ2n) is 5.34. The molecule has 3 nitrogen and oxygen atoms in total. The molecule has 18 heavy (non-hydrogen) atoms. The second-order valence-corrected chi connectivity index (χ2v) is 5.34. The van der Waals surface area contributed by atoms with Crippen LogP contribution >= 0.6 is 0 Å². The third-order valence-corrected chi connectivity index (χ3v) is 4.23. The van der Waals surface area contributed by atoms with Gasteiger partial charge in [0.25, 0.3) is 0 Å². The predicted molar refractivity (Wildman–Crippen MR) is 74.4 cm³/mol. The van der Waals surface area contributed by atoms with Crippen LogP contribution in [0.3, 0.4) is 0 Å². The first-order valence-corrected chi connectivity index (χ1v) is 7.31. The van der Waals surface area contributed by atoms with Crippen molar-refractivity contribution in [1.82, 2.24) is 4.90 Å². The van der Waals surface area contributed by atoms with Crippen molar-refractivity contribution in [3.05, 3.63) is 24.2 Å². The Morgan fingerprint density at radius 2 is 2.06 bits per heavy atom. The number of hydrogen-bond donors (Lipinski definition) is 1. The van der Waals surface area contributed by atoms with Crippen LogP contribution in [0.2, 0.25) is 0 Å². The summed E-state index contributed by atoms with van der Waals surface area (Å²) in [4.78, 5) is 2.60. The van der Waals surface area contributed by atoms with Crippen molar-refractivity contribution in [2.45, 2.75) is 64.1 Å². The van der Waals surface area contributed by atoms with Crippen LogP contribution in [0.25, 0.3) is 0 Å². The number of hydrogen-bond acceptors (Lipinski definition) is 3. The minimum Gasteiger partial charge on any atom is -0.468 e. The van der Waals surface area contributed by atoms with Crippen LogP contribution in [0, 0.1) is 0 Å². The largest absolute Gasteiger partial charge is 0.468 e. The molecule has 1 atom stereocenters. The first-order valence-electron chi connectivity index (χ1n) is 7.31. The van der Waals surface area contributed by atoms with Gasteiger partial charge in [-0.1, -0.05) is 13.8 Å². The van der Waals surface area contributed by atoms with Crippen molar-refractivity contribution in [3.8, 4) is 0 Å². The van der Waals surface area contributed by atoms with Gasteiger partial charge in [0.05, 0.1) is 12.3 Å². The molecule has 1 aliphatic carbocycles. The van der Waals surface area contributed by atoms with Gasteiger partial charge in [-0.25, -0.2) is 0 Å². The predicted octanol–water partition coefficient (Wildman–Crippen LogP) is 3.32. The molecule has 1 aliphatic rings. The SMILES string of the molecule is CCC(c1ccco1)N(CC)C1CCC(N)CC1. The molecule has 0 saturated heterocycles. The second kappa shape index (κ2) is 6.39. The zero-order valence-electron chi connectivity index (χ0n) is 11.6. The van der Waals surface area contributed by atoms with Crippen molar-refractivity contribution in [3.63, 3.8) is 0 Å². The van der Waals surface area contributed by atoms with E-state index in [0.717, 1.165) is 31.6 Å². The average Bonchev–Trinajstić information content (AvgIpc) is 2.91. The summed E-state index contributed by atoms with van der Waals surface area (Å²) in [7, 11) is 0. The average molecular weight is 250 g/mol. The van der Waals surface area contributed by atoms with E-state index in [2.05, 4.69) is 24.8 Å². The van der Waals surface area contributed by atoms with Crippen molar-refractivity contribution in [2.24, 2.45) is 5.73 Å². The van der Waals surface area contributed by atoms with E-state index in [1.807, 2.05) is 6.07 Å². The van der Waals surface area contributed by atoms with Crippen molar-refractivity contribution in [2.75, 3.05) is 6.54 Å². The van der Waals surface area contributed by atoms with Gasteiger partial charge < -0.3 is 10.2 Å². The molecule has 0 aromatic carbocycles. The van der Waals surface area contributed by atoms with Gasteiger partial charge in [0.2, 0.25) is 0 Å². The zero-order chi connectivity index (χ0) is 13.0. The fraction of sp³-hybridized carbons (Fsp3) is 0.733. The Morgan fingerprint density at radius 3 is 2.56 bits per heavy atom. The molecule has 2 N–H and O–H groups in total. The molecule has 1 fully saturated rings. The molecule has 1 heterocycles. The summed E-state index contributed by atoms with van der Waals surface area (Å²) in [5, 5.41) is 0. The molecular formula is C15H26N2O. The van der Waals surface area contributed by atoms with Crippen LogP contribution < -0.4 is 5.73 Å². The lowest BCUT2D eigenvalue weighted by Crippen LogP contribution is -2.42. The van der Waals surface area contributed by atoms with Gasteiger partial charge in [-0.2, -0.15) is 0 Å². The molecule has 1 aromatic heterocycles. The van der Waals surface area contributed by atoms with Crippen molar-refractivity contribution < 1.29 is 4.42 Å². The van der Waals surface area contributed by atoms with Gasteiger partial charge in [-0.05, 0) is 50.8 Å². The molecule has 1 unspecified atom stereocenters. The highest BCUT2D eigenvalue weighted by Crippen LogP contribution is 2.31. The molecule has 3 heteroatoms. The fourth-order valence-corrected chi connectivity index (χ4v) is 3.25. The summed E-state index contributed by atoms with van der Waals surface area (Å²) in [6.07, 6.45) is 7.66. The lowest BCUT2D eigenvalue weighted by molar-refractivity contribution is 0.0905. The van der Waals surface area contributed by atoms with Crippen LogP contribution in [0.15, 0.2) is 22.8 Å².